The van der Waals surface area contributed by atoms with E-state index in [1.54, 1.807) is 0 Å². The van der Waals surface area contributed by atoms with E-state index in [2.05, 4.69) is 5.16 Å². The zero-order valence-corrected chi connectivity index (χ0v) is 9.55. The monoisotopic (exact) mass is 219 g/mol. The van der Waals surface area contributed by atoms with Gasteiger partial charge >= 0.3 is 0 Å². The Morgan fingerprint density at radius 1 is 1.60 bits per heavy atom. The van der Waals surface area contributed by atoms with Crippen LogP contribution in [0.25, 0.3) is 0 Å². The fraction of sp³-hybridized carbons (Fsp3) is 0.889. The Kier molecular flexibility index (Phi) is 7.02. The van der Waals surface area contributed by atoms with Gasteiger partial charge in [0.15, 0.2) is 5.84 Å². The van der Waals surface area contributed by atoms with Gasteiger partial charge in [0, 0.05) is 13.7 Å². The van der Waals surface area contributed by atoms with Gasteiger partial charge in [0.25, 0.3) is 0 Å². The van der Waals surface area contributed by atoms with Crippen LogP contribution in [-0.4, -0.2) is 60.5 Å². The molecule has 0 saturated carbocycles. The molecule has 0 radical (unpaired) electrons. The fourth-order valence-electron chi connectivity index (χ4n) is 1.52. The zero-order chi connectivity index (χ0) is 11.8. The number of nitrogens with zero attached hydrogens (tertiary/aromatic N) is 2. The first-order valence-electron chi connectivity index (χ1n) is 4.91. The normalized spacial score (nSPS) is 16.7. The van der Waals surface area contributed by atoms with E-state index in [1.165, 1.54) is 7.11 Å². The number of oxime groups is 1. The van der Waals surface area contributed by atoms with Gasteiger partial charge in [0.2, 0.25) is 0 Å². The lowest BCUT2D eigenvalue weighted by atomic mass is 10.1. The first-order valence-corrected chi connectivity index (χ1v) is 4.91. The lowest BCUT2D eigenvalue weighted by Gasteiger charge is -2.27. The van der Waals surface area contributed by atoms with Crippen molar-refractivity contribution in [3.63, 3.8) is 0 Å². The van der Waals surface area contributed by atoms with Crippen molar-refractivity contribution in [1.82, 2.24) is 4.90 Å². The molecular formula is C9H21N3O3. The summed E-state index contributed by atoms with van der Waals surface area (Å²) in [5, 5.41) is 21.1. The summed E-state index contributed by atoms with van der Waals surface area (Å²) < 4.78 is 4.82. The summed E-state index contributed by atoms with van der Waals surface area (Å²) in [6.45, 7) is 2.63. The van der Waals surface area contributed by atoms with E-state index in [9.17, 15) is 5.11 Å². The van der Waals surface area contributed by atoms with Crippen LogP contribution in [0.15, 0.2) is 5.16 Å². The molecule has 15 heavy (non-hydrogen) atoms. The van der Waals surface area contributed by atoms with Crippen LogP contribution in [0.3, 0.4) is 0 Å². The Morgan fingerprint density at radius 3 is 2.60 bits per heavy atom. The minimum absolute atomic E-state index is 0.157. The van der Waals surface area contributed by atoms with E-state index in [0.717, 1.165) is 0 Å². The van der Waals surface area contributed by atoms with Crippen LogP contribution in [0.1, 0.15) is 13.3 Å². The second-order valence-corrected chi connectivity index (χ2v) is 3.50. The van der Waals surface area contributed by atoms with Crippen LogP contribution in [-0.2, 0) is 4.74 Å². The van der Waals surface area contributed by atoms with Gasteiger partial charge in [-0.1, -0.05) is 12.1 Å². The number of hydrogen-bond acceptors (Lipinski definition) is 5. The van der Waals surface area contributed by atoms with E-state index in [-0.39, 0.29) is 18.5 Å². The number of ether oxygens (including phenoxy) is 1. The van der Waals surface area contributed by atoms with E-state index in [0.29, 0.717) is 13.0 Å². The Hall–Kier alpha value is -0.850. The molecular weight excluding hydrogens is 198 g/mol. The lowest BCUT2D eigenvalue weighted by molar-refractivity contribution is 0.0391. The second-order valence-electron chi connectivity index (χ2n) is 3.50. The predicted molar refractivity (Wildman–Crippen MR) is 58.0 cm³/mol. The van der Waals surface area contributed by atoms with Crippen LogP contribution >= 0.6 is 0 Å². The number of aliphatic hydroxyl groups excluding tert-OH is 1. The Labute approximate surface area is 90.3 Å². The average Bonchev–Trinajstić information content (AvgIpc) is 2.18. The molecule has 2 atom stereocenters. The number of hydrogen-bond donors (Lipinski definition) is 3. The lowest BCUT2D eigenvalue weighted by Crippen LogP contribution is -2.46. The summed E-state index contributed by atoms with van der Waals surface area (Å²) in [6.07, 6.45) is 0.145. The zero-order valence-electron chi connectivity index (χ0n) is 9.55. The number of methoxy groups -OCH3 is 1. The molecule has 0 amide bonds. The fourth-order valence-corrected chi connectivity index (χ4v) is 1.52. The highest BCUT2D eigenvalue weighted by atomic mass is 16.5. The van der Waals surface area contributed by atoms with Gasteiger partial charge in [-0.15, -0.1) is 0 Å². The molecule has 0 bridgehead atoms. The molecule has 6 nitrogen and oxygen atoms in total. The Morgan fingerprint density at radius 2 is 2.20 bits per heavy atom. The van der Waals surface area contributed by atoms with Crippen molar-refractivity contribution < 1.29 is 15.1 Å². The highest BCUT2D eigenvalue weighted by Gasteiger charge is 2.19. The first-order chi connectivity index (χ1) is 7.06. The summed E-state index contributed by atoms with van der Waals surface area (Å²) >= 11 is 0. The highest BCUT2D eigenvalue weighted by molar-refractivity contribution is 5.85. The molecule has 2 unspecified atom stereocenters. The molecule has 0 rings (SSSR count). The van der Waals surface area contributed by atoms with Crippen molar-refractivity contribution in [3.05, 3.63) is 0 Å². The van der Waals surface area contributed by atoms with Crippen molar-refractivity contribution >= 4 is 5.84 Å². The number of rotatable bonds is 7. The minimum atomic E-state index is -0.569. The quantitative estimate of drug-likeness (QED) is 0.231. The SMILES string of the molecule is CCC(C(N)=NO)N(C)CC(O)COC. The topological polar surface area (TPSA) is 91.3 Å². The number of amidine groups is 1. The molecule has 0 aliphatic rings. The average molecular weight is 219 g/mol. The smallest absolute Gasteiger partial charge is 0.156 e. The first kappa shape index (κ1) is 14.2. The molecule has 6 heteroatoms. The minimum Gasteiger partial charge on any atom is -0.409 e. The number of nitrogens with two attached hydrogens (primary N) is 1. The maximum absolute atomic E-state index is 9.51. The molecule has 0 aromatic heterocycles. The maximum Gasteiger partial charge on any atom is 0.156 e. The van der Waals surface area contributed by atoms with Crippen molar-refractivity contribution in [1.29, 1.82) is 0 Å². The van der Waals surface area contributed by atoms with E-state index in [1.807, 2.05) is 18.9 Å². The standard InChI is InChI=1S/C9H21N3O3/c1-4-8(9(10)11-14)12(2)5-7(13)6-15-3/h7-8,13-14H,4-6H2,1-3H3,(H2,10,11). The van der Waals surface area contributed by atoms with E-state index >= 15 is 0 Å². The second kappa shape index (κ2) is 7.44. The third-order valence-electron chi connectivity index (χ3n) is 2.23. The van der Waals surface area contributed by atoms with Gasteiger partial charge in [-0.2, -0.15) is 0 Å². The van der Waals surface area contributed by atoms with Crippen molar-refractivity contribution in [3.8, 4) is 0 Å². The number of likely N-dealkylation sites (N-methyl/N-ethyl adjacent to an activating group) is 1. The van der Waals surface area contributed by atoms with Gasteiger partial charge < -0.3 is 20.8 Å². The Balaban J connectivity index is 4.21. The summed E-state index contributed by atoms with van der Waals surface area (Å²) in [7, 11) is 3.34. The third kappa shape index (κ3) is 4.96. The third-order valence-corrected chi connectivity index (χ3v) is 2.23. The van der Waals surface area contributed by atoms with Gasteiger partial charge in [0.1, 0.15) is 0 Å². The van der Waals surface area contributed by atoms with Crippen molar-refractivity contribution in [2.45, 2.75) is 25.5 Å². The molecule has 0 fully saturated rings. The molecule has 0 aromatic rings. The molecule has 0 aliphatic heterocycles. The van der Waals surface area contributed by atoms with Crippen LogP contribution in [0.4, 0.5) is 0 Å². The van der Waals surface area contributed by atoms with Crippen molar-refractivity contribution in [2.75, 3.05) is 27.3 Å². The van der Waals surface area contributed by atoms with Crippen LogP contribution in [0.2, 0.25) is 0 Å². The maximum atomic E-state index is 9.51. The van der Waals surface area contributed by atoms with Crippen molar-refractivity contribution in [2.24, 2.45) is 10.9 Å². The Bertz CT molecular complexity index is 199. The van der Waals surface area contributed by atoms with Gasteiger partial charge in [-0.05, 0) is 13.5 Å². The summed E-state index contributed by atoms with van der Waals surface area (Å²) in [5.41, 5.74) is 5.52. The summed E-state index contributed by atoms with van der Waals surface area (Å²) in [4.78, 5) is 1.83. The van der Waals surface area contributed by atoms with Crippen LogP contribution < -0.4 is 5.73 Å². The summed E-state index contributed by atoms with van der Waals surface area (Å²) in [5.74, 6) is 0.157. The summed E-state index contributed by atoms with van der Waals surface area (Å²) in [6, 6.07) is -0.165. The largest absolute Gasteiger partial charge is 0.409 e. The van der Waals surface area contributed by atoms with E-state index in [4.69, 9.17) is 15.7 Å². The van der Waals surface area contributed by atoms with E-state index < -0.39 is 6.10 Å². The van der Waals surface area contributed by atoms with Crippen LogP contribution in [0, 0.1) is 0 Å². The number of aliphatic hydroxyl groups is 1. The predicted octanol–water partition coefficient (Wildman–Crippen LogP) is -0.549. The molecule has 0 heterocycles. The van der Waals surface area contributed by atoms with Gasteiger partial charge in [-0.3, -0.25) is 4.90 Å². The highest BCUT2D eigenvalue weighted by Crippen LogP contribution is 2.03. The molecule has 0 aromatic carbocycles. The van der Waals surface area contributed by atoms with Gasteiger partial charge in [-0.25, -0.2) is 0 Å². The molecule has 90 valence electrons. The molecule has 0 aliphatic carbocycles. The molecule has 0 saturated heterocycles. The van der Waals surface area contributed by atoms with Crippen LogP contribution in [0.5, 0.6) is 0 Å². The van der Waals surface area contributed by atoms with Gasteiger partial charge in [0.05, 0.1) is 18.8 Å². The molecule has 4 N–H and O–H groups in total. The molecule has 0 spiro atoms.